The summed E-state index contributed by atoms with van der Waals surface area (Å²) < 4.78 is 81.8. The average molecular weight is 1750 g/mol. The van der Waals surface area contributed by atoms with Crippen molar-refractivity contribution in [2.24, 2.45) is 27.7 Å². The molecule has 10 aromatic rings. The van der Waals surface area contributed by atoms with Crippen LogP contribution < -0.4 is 19.5 Å². The molecule has 8 aliphatic heterocycles. The van der Waals surface area contributed by atoms with Gasteiger partial charge in [-0.15, -0.1) is 0 Å². The number of nitrogens with zero attached hydrogens (tertiary/aromatic N) is 10. The van der Waals surface area contributed by atoms with Gasteiger partial charge in [0.1, 0.15) is 51.6 Å². The van der Waals surface area contributed by atoms with Gasteiger partial charge in [-0.1, -0.05) is 72.1 Å². The van der Waals surface area contributed by atoms with Gasteiger partial charge in [0.15, 0.2) is 18.7 Å². The summed E-state index contributed by atoms with van der Waals surface area (Å²) in [5, 5.41) is 38.4. The van der Waals surface area contributed by atoms with Crippen LogP contribution in [0.2, 0.25) is 0 Å². The first kappa shape index (κ1) is 81.5. The van der Waals surface area contributed by atoms with E-state index < -0.39 is 11.2 Å². The van der Waals surface area contributed by atoms with Crippen molar-refractivity contribution in [1.29, 1.82) is 0 Å². The minimum absolute atomic E-state index is 0.0163. The molecule has 3 unspecified atom stereocenters. The zero-order valence-corrected chi connectivity index (χ0v) is 69.6. The van der Waals surface area contributed by atoms with Crippen molar-refractivity contribution in [2.45, 2.75) is 142 Å². The first-order valence-corrected chi connectivity index (χ1v) is 41.4. The van der Waals surface area contributed by atoms with Crippen LogP contribution in [-0.2, 0) is 36.8 Å². The van der Waals surface area contributed by atoms with E-state index in [0.29, 0.717) is 75.3 Å². The summed E-state index contributed by atoms with van der Waals surface area (Å²) in [7, 11) is 0. The molecule has 602 valence electrons. The summed E-state index contributed by atoms with van der Waals surface area (Å²) in [6, 6.07) is 33.5. The Morgan fingerprint density at radius 2 is 0.877 bits per heavy atom. The minimum atomic E-state index is -0.499. The number of aliphatic imine (C=N–C) groups is 2. The summed E-state index contributed by atoms with van der Waals surface area (Å²) >= 11 is 10.1. The van der Waals surface area contributed by atoms with E-state index in [2.05, 4.69) is 103 Å². The summed E-state index contributed by atoms with van der Waals surface area (Å²) in [6.07, 6.45) is 17.6. The number of nitrogens with one attached hydrogen (secondary N) is 1. The van der Waals surface area contributed by atoms with Crippen LogP contribution >= 0.6 is 47.8 Å². The van der Waals surface area contributed by atoms with Crippen LogP contribution in [0.25, 0.3) is 55.0 Å². The predicted molar refractivity (Wildman–Crippen MR) is 444 cm³/mol. The number of carbonyl (C=O) groups excluding carboxylic acids is 2. The second-order valence-corrected chi connectivity index (χ2v) is 34.5. The molecule has 2 amide bonds. The Labute approximate surface area is 686 Å². The van der Waals surface area contributed by atoms with Crippen LogP contribution in [0.1, 0.15) is 140 Å². The Kier molecular flexibility index (Phi) is 26.1. The number of hydrogen-bond donors (Lipinski definition) is 3. The zero-order chi connectivity index (χ0) is 79.8. The molecule has 7 aromatic carbocycles. The van der Waals surface area contributed by atoms with E-state index in [1.165, 1.54) is 17.7 Å². The Hall–Kier alpha value is -9.03. The molecule has 114 heavy (non-hydrogen) atoms. The van der Waals surface area contributed by atoms with Crippen LogP contribution in [0, 0.1) is 29.4 Å². The highest BCUT2D eigenvalue weighted by Gasteiger charge is 2.37. The van der Waals surface area contributed by atoms with Crippen molar-refractivity contribution in [3.8, 4) is 51.0 Å². The molecule has 8 aliphatic rings. The number of hydrogen-bond acceptors (Lipinski definition) is 18. The second-order valence-electron chi connectivity index (χ2n) is 31.8. The van der Waals surface area contributed by atoms with Crippen LogP contribution in [0.4, 0.5) is 18.4 Å². The van der Waals surface area contributed by atoms with E-state index in [9.17, 15) is 28.6 Å². The highest BCUT2D eigenvalue weighted by atomic mass is 79.9. The fraction of sp³-hybridized carbons (Fsp3) is 0.430. The van der Waals surface area contributed by atoms with Gasteiger partial charge >= 0.3 is 12.2 Å². The SMILES string of the molecule is CC(C)(C)OC(=O)N1CC(COc2cc(-c3ccc(O)cc3)cc3c2cnn3C2CCCCO2)C1.CC(C)(C)OC(=O)N1CC(COc2cc(Br)cc3c2cnn3C2CCCCO2)C1.Fc1cc(Br)cc2c1C=NC2.Fc1cc(Br)cc2c1cnn2C1CCCCO1.Oc1ccc(-c2cc3c(c(OCC4CNC4)c2)C=NC3)cc1. The van der Waals surface area contributed by atoms with Gasteiger partial charge in [0.2, 0.25) is 0 Å². The van der Waals surface area contributed by atoms with Crippen molar-refractivity contribution in [3.63, 3.8) is 0 Å². The Balaban J connectivity index is 0.000000123. The molecule has 6 saturated heterocycles. The quantitative estimate of drug-likeness (QED) is 0.0916. The molecule has 0 aliphatic carbocycles. The zero-order valence-electron chi connectivity index (χ0n) is 64.8. The third-order valence-corrected chi connectivity index (χ3v) is 21.9. The number of amides is 2. The van der Waals surface area contributed by atoms with E-state index in [0.717, 1.165) is 189 Å². The second kappa shape index (κ2) is 36.4. The number of halogens is 5. The number of benzene rings is 7. The van der Waals surface area contributed by atoms with Gasteiger partial charge in [0.25, 0.3) is 0 Å². The topological polar surface area (TPSA) is 245 Å². The van der Waals surface area contributed by atoms with Gasteiger partial charge < -0.3 is 63.2 Å². The lowest BCUT2D eigenvalue weighted by Gasteiger charge is -2.39. The van der Waals surface area contributed by atoms with Gasteiger partial charge in [0.05, 0.1) is 84.2 Å². The van der Waals surface area contributed by atoms with E-state index in [1.54, 1.807) is 51.2 Å². The van der Waals surface area contributed by atoms with Gasteiger partial charge in [0, 0.05) is 114 Å². The molecule has 0 radical (unpaired) electrons. The molecular weight excluding hydrogens is 1660 g/mol. The Morgan fingerprint density at radius 3 is 1.35 bits per heavy atom. The molecule has 18 rings (SSSR count). The van der Waals surface area contributed by atoms with Gasteiger partial charge in [-0.2, -0.15) is 15.3 Å². The number of likely N-dealkylation sites (tertiary alicyclic amines) is 2. The molecular formula is C86H96Br3F2N11O12. The predicted octanol–water partition coefficient (Wildman–Crippen LogP) is 18.8. The third kappa shape index (κ3) is 20.4. The number of fused-ring (bicyclic) bond motifs is 5. The first-order valence-electron chi connectivity index (χ1n) is 39.0. The Bertz CT molecular complexity index is 5090. The maximum atomic E-state index is 13.7. The number of rotatable bonds is 14. The van der Waals surface area contributed by atoms with E-state index in [1.807, 2.05) is 118 Å². The van der Waals surface area contributed by atoms with E-state index in [-0.39, 0.29) is 59.9 Å². The van der Waals surface area contributed by atoms with Gasteiger partial charge in [-0.3, -0.25) is 9.98 Å². The molecule has 0 bridgehead atoms. The summed E-state index contributed by atoms with van der Waals surface area (Å²) in [5.74, 6) is 3.66. The third-order valence-electron chi connectivity index (χ3n) is 20.5. The summed E-state index contributed by atoms with van der Waals surface area (Å²) in [5.41, 5.74) is 9.81. The lowest BCUT2D eigenvalue weighted by Crippen LogP contribution is -2.53. The van der Waals surface area contributed by atoms with Crippen molar-refractivity contribution in [2.75, 3.05) is 78.9 Å². The number of ether oxygens (including phenoxy) is 8. The smallest absolute Gasteiger partial charge is 0.410 e. The normalized spacial score (nSPS) is 18.6. The number of phenolic OH excluding ortho intramolecular Hbond substituents is 2. The summed E-state index contributed by atoms with van der Waals surface area (Å²) in [6.45, 7) is 21.2. The van der Waals surface area contributed by atoms with E-state index in [4.69, 9.17) is 37.9 Å². The lowest BCUT2D eigenvalue weighted by molar-refractivity contribution is -0.0367. The van der Waals surface area contributed by atoms with Crippen LogP contribution in [0.3, 0.4) is 0 Å². The van der Waals surface area contributed by atoms with Crippen molar-refractivity contribution in [1.82, 2.24) is 44.5 Å². The average Bonchev–Trinajstić information content (AvgIpc) is 1.59. The molecule has 23 nitrogen and oxygen atoms in total. The molecule has 3 aromatic heterocycles. The van der Waals surface area contributed by atoms with Crippen molar-refractivity contribution < 1.29 is 66.5 Å². The molecule has 0 spiro atoms. The van der Waals surface area contributed by atoms with E-state index >= 15 is 0 Å². The molecule has 0 saturated carbocycles. The minimum Gasteiger partial charge on any atom is -0.508 e. The van der Waals surface area contributed by atoms with Crippen molar-refractivity contribution in [3.05, 3.63) is 175 Å². The molecule has 28 heteroatoms. The molecule has 3 N–H and O–H groups in total. The number of aromatic nitrogens is 6. The largest absolute Gasteiger partial charge is 0.508 e. The van der Waals surface area contributed by atoms with Gasteiger partial charge in [-0.25, -0.2) is 32.4 Å². The molecule has 3 atom stereocenters. The molecule has 11 heterocycles. The summed E-state index contributed by atoms with van der Waals surface area (Å²) in [4.78, 5) is 36.1. The lowest BCUT2D eigenvalue weighted by atomic mass is 9.99. The fourth-order valence-corrected chi connectivity index (χ4v) is 15.8. The highest BCUT2D eigenvalue weighted by Crippen LogP contribution is 2.40. The monoisotopic (exact) mass is 1750 g/mol. The number of aromatic hydroxyl groups is 2. The van der Waals surface area contributed by atoms with Crippen LogP contribution in [0.5, 0.6) is 28.7 Å². The van der Waals surface area contributed by atoms with Crippen LogP contribution in [-0.4, -0.2) is 164 Å². The maximum absolute atomic E-state index is 13.7. The Morgan fingerprint density at radius 1 is 0.474 bits per heavy atom. The standard InChI is InChI=1S/C27H33N3O5.C21H28BrN3O4.C18H18N2O2.C12H12BrFN2O.C8H5BrFN/c1-27(2,3)35-26(32)29-15-18(16-29)17-34-24-13-20(19-7-9-21(31)10-8-19)12-23-22(24)14-28-30(23)25-6-4-5-11-33-25;1-21(2,3)29-20(26)24-11-14(12-24)13-28-18-9-15(22)8-17-16(18)10-23-25(17)19-6-4-5-7-27-19;21-16-3-1-13(2-4-16)14-5-15-9-20-10-17(15)18(6-14)22-11-12-7-19-8-12;13-8-5-10(14)9-7-15-16(11(9)6-8)12-3-1-2-4-17-12;9-6-1-5-3-11-4-7(5)8(10)2-6/h7-10,12-14,18,25,31H,4-6,11,15-17H2,1-3H3;8-10,14,19H,4-7,11-13H2,1-3H3;1-6,10,12,19,21H,7-9,11H2;5-7,12H,1-4H2;1-2,4H,3H2. The highest BCUT2D eigenvalue weighted by molar-refractivity contribution is 9.11. The van der Waals surface area contributed by atoms with Gasteiger partial charge in [-0.05, 0) is 218 Å². The first-order chi connectivity index (χ1) is 54.9. The fourth-order valence-electron chi connectivity index (χ4n) is 14.4. The van der Waals surface area contributed by atoms with Crippen molar-refractivity contribution >= 4 is 105 Å². The van der Waals surface area contributed by atoms with Crippen LogP contribution in [0.15, 0.2) is 151 Å². The number of carbonyl (C=O) groups is 2. The molecule has 6 fully saturated rings. The maximum Gasteiger partial charge on any atom is 0.410 e. The number of phenols is 2.